The largest absolute Gasteiger partial charge is 0.480 e. The fraction of sp³-hybridized carbons (Fsp3) is 0.188. The molecule has 0 saturated heterocycles. The summed E-state index contributed by atoms with van der Waals surface area (Å²) in [6.45, 7) is 1.45. The fourth-order valence-electron chi connectivity index (χ4n) is 2.10. The first-order chi connectivity index (χ1) is 11.0. The van der Waals surface area contributed by atoms with Gasteiger partial charge in [-0.05, 0) is 35.9 Å². The van der Waals surface area contributed by atoms with E-state index in [1.807, 2.05) is 6.07 Å². The normalized spacial score (nSPS) is 10.2. The number of hydrogen-bond donors (Lipinski definition) is 2. The van der Waals surface area contributed by atoms with Crippen LogP contribution in [0, 0.1) is 0 Å². The number of hydrogen-bond acceptors (Lipinski definition) is 5. The van der Waals surface area contributed by atoms with Gasteiger partial charge in [-0.25, -0.2) is 0 Å². The molecule has 0 unspecified atom stereocenters. The third kappa shape index (κ3) is 4.52. The van der Waals surface area contributed by atoms with Crippen LogP contribution in [0.25, 0.3) is 0 Å². The summed E-state index contributed by atoms with van der Waals surface area (Å²) in [6, 6.07) is 10.1. The van der Waals surface area contributed by atoms with Crippen molar-refractivity contribution in [2.45, 2.75) is 13.5 Å². The van der Waals surface area contributed by atoms with E-state index in [0.717, 1.165) is 5.56 Å². The molecular weight excluding hydrogens is 298 g/mol. The Hall–Kier alpha value is -2.93. The van der Waals surface area contributed by atoms with Gasteiger partial charge >= 0.3 is 5.97 Å². The molecule has 0 bridgehead atoms. The lowest BCUT2D eigenvalue weighted by atomic mass is 10.2. The number of hydroxylamine groups is 1. The Kier molecular flexibility index (Phi) is 5.27. The number of pyridine rings is 1. The van der Waals surface area contributed by atoms with Crippen LogP contribution in [0.1, 0.15) is 12.5 Å². The molecule has 7 nitrogen and oxygen atoms in total. The van der Waals surface area contributed by atoms with Gasteiger partial charge in [0.15, 0.2) is 0 Å². The molecule has 0 aliphatic heterocycles. The molecule has 1 aromatic heterocycles. The first-order valence-corrected chi connectivity index (χ1v) is 6.92. The monoisotopic (exact) mass is 315 g/mol. The summed E-state index contributed by atoms with van der Waals surface area (Å²) in [6.07, 6.45) is 3.33. The fourth-order valence-corrected chi connectivity index (χ4v) is 2.10. The minimum Gasteiger partial charge on any atom is -0.480 e. The van der Waals surface area contributed by atoms with Crippen molar-refractivity contribution in [2.24, 2.45) is 0 Å². The van der Waals surface area contributed by atoms with Crippen LogP contribution in [0.4, 0.5) is 11.4 Å². The molecule has 0 spiro atoms. The van der Waals surface area contributed by atoms with Crippen LogP contribution in [0.15, 0.2) is 48.8 Å². The number of carbonyl (C=O) groups excluding carboxylic acids is 1. The van der Waals surface area contributed by atoms with E-state index in [0.29, 0.717) is 23.0 Å². The molecule has 2 N–H and O–H groups in total. The van der Waals surface area contributed by atoms with Crippen LogP contribution in [0.5, 0.6) is 0 Å². The highest BCUT2D eigenvalue weighted by atomic mass is 16.5. The molecular formula is C16H17N3O4. The number of carboxylic acid groups (broad SMARTS) is 1. The molecule has 1 aromatic carbocycles. The van der Waals surface area contributed by atoms with Gasteiger partial charge in [-0.15, -0.1) is 0 Å². The average Bonchev–Trinajstić information content (AvgIpc) is 2.54. The number of anilines is 2. The third-order valence-corrected chi connectivity index (χ3v) is 3.18. The number of rotatable bonds is 6. The number of nitrogens with zero attached hydrogens (tertiary/aromatic N) is 3. The van der Waals surface area contributed by atoms with Crippen molar-refractivity contribution >= 4 is 23.3 Å². The standard InChI is InChI=1S/C16H17N3O4/c1-12(20)19(23)15-6-4-14(5-7-15)18(11-16(21)22)10-13-3-2-8-17-9-13/h2-9,23H,10-11H2,1H3,(H,21,22). The Balaban J connectivity index is 2.21. The van der Waals surface area contributed by atoms with Gasteiger partial charge in [0, 0.05) is 31.5 Å². The van der Waals surface area contributed by atoms with Gasteiger partial charge in [-0.1, -0.05) is 6.07 Å². The zero-order valence-electron chi connectivity index (χ0n) is 12.6. The van der Waals surface area contributed by atoms with Crippen LogP contribution in [0.3, 0.4) is 0 Å². The smallest absolute Gasteiger partial charge is 0.323 e. The molecule has 2 aromatic rings. The maximum atomic E-state index is 11.1. The predicted octanol–water partition coefficient (Wildman–Crippen LogP) is 1.91. The third-order valence-electron chi connectivity index (χ3n) is 3.18. The second-order valence-corrected chi connectivity index (χ2v) is 4.96. The van der Waals surface area contributed by atoms with Crippen molar-refractivity contribution in [3.05, 3.63) is 54.4 Å². The van der Waals surface area contributed by atoms with Gasteiger partial charge in [0.25, 0.3) is 0 Å². The molecule has 7 heteroatoms. The Labute approximate surface area is 133 Å². The van der Waals surface area contributed by atoms with E-state index in [1.54, 1.807) is 47.6 Å². The van der Waals surface area contributed by atoms with Crippen molar-refractivity contribution in [3.8, 4) is 0 Å². The molecule has 2 rings (SSSR count). The van der Waals surface area contributed by atoms with Crippen molar-refractivity contribution in [2.75, 3.05) is 16.5 Å². The van der Waals surface area contributed by atoms with Crippen LogP contribution in [0.2, 0.25) is 0 Å². The van der Waals surface area contributed by atoms with E-state index in [1.165, 1.54) is 6.92 Å². The summed E-state index contributed by atoms with van der Waals surface area (Å²) in [5.41, 5.74) is 1.86. The topological polar surface area (TPSA) is 94.0 Å². The van der Waals surface area contributed by atoms with Gasteiger partial charge < -0.3 is 10.0 Å². The average molecular weight is 315 g/mol. The van der Waals surface area contributed by atoms with E-state index in [-0.39, 0.29) is 6.54 Å². The van der Waals surface area contributed by atoms with E-state index in [4.69, 9.17) is 5.11 Å². The quantitative estimate of drug-likeness (QED) is 0.625. The SMILES string of the molecule is CC(=O)N(O)c1ccc(N(CC(=O)O)Cc2cccnc2)cc1. The Morgan fingerprint density at radius 3 is 2.30 bits per heavy atom. The zero-order chi connectivity index (χ0) is 16.8. The highest BCUT2D eigenvalue weighted by Gasteiger charge is 2.13. The van der Waals surface area contributed by atoms with Crippen LogP contribution in [-0.2, 0) is 16.1 Å². The maximum Gasteiger partial charge on any atom is 0.323 e. The molecule has 0 aliphatic rings. The minimum absolute atomic E-state index is 0.177. The summed E-state index contributed by atoms with van der Waals surface area (Å²) in [5, 5.41) is 19.2. The number of amides is 1. The first-order valence-electron chi connectivity index (χ1n) is 6.92. The van der Waals surface area contributed by atoms with Gasteiger partial charge in [0.1, 0.15) is 6.54 Å². The second-order valence-electron chi connectivity index (χ2n) is 4.96. The summed E-state index contributed by atoms with van der Waals surface area (Å²) >= 11 is 0. The number of carbonyl (C=O) groups is 2. The molecule has 0 saturated carbocycles. The number of aromatic nitrogens is 1. The van der Waals surface area contributed by atoms with Crippen LogP contribution in [-0.4, -0.2) is 33.7 Å². The van der Waals surface area contributed by atoms with Crippen molar-refractivity contribution in [1.82, 2.24) is 4.98 Å². The number of benzene rings is 1. The lowest BCUT2D eigenvalue weighted by Gasteiger charge is -2.23. The molecule has 1 heterocycles. The van der Waals surface area contributed by atoms with E-state index in [9.17, 15) is 14.8 Å². The number of aliphatic carboxylic acids is 1. The minimum atomic E-state index is -0.953. The first kappa shape index (κ1) is 16.4. The van der Waals surface area contributed by atoms with Crippen molar-refractivity contribution < 1.29 is 19.9 Å². The van der Waals surface area contributed by atoms with Gasteiger partial charge in [0.05, 0.1) is 5.69 Å². The summed E-state index contributed by atoms with van der Waals surface area (Å²) < 4.78 is 0. The summed E-state index contributed by atoms with van der Waals surface area (Å²) in [4.78, 5) is 27.9. The summed E-state index contributed by atoms with van der Waals surface area (Å²) in [5.74, 6) is -1.46. The Morgan fingerprint density at radius 1 is 1.13 bits per heavy atom. The van der Waals surface area contributed by atoms with E-state index in [2.05, 4.69) is 4.98 Å². The van der Waals surface area contributed by atoms with E-state index >= 15 is 0 Å². The molecule has 1 amide bonds. The summed E-state index contributed by atoms with van der Waals surface area (Å²) in [7, 11) is 0. The Morgan fingerprint density at radius 2 is 1.78 bits per heavy atom. The molecule has 0 atom stereocenters. The molecule has 120 valence electrons. The highest BCUT2D eigenvalue weighted by molar-refractivity contribution is 5.89. The second kappa shape index (κ2) is 7.37. The Bertz CT molecular complexity index is 673. The predicted molar refractivity (Wildman–Crippen MR) is 84.3 cm³/mol. The van der Waals surface area contributed by atoms with Crippen molar-refractivity contribution in [1.29, 1.82) is 0 Å². The molecule has 0 radical (unpaired) electrons. The van der Waals surface area contributed by atoms with Gasteiger partial charge in [0.2, 0.25) is 5.91 Å². The highest BCUT2D eigenvalue weighted by Crippen LogP contribution is 2.21. The lowest BCUT2D eigenvalue weighted by Crippen LogP contribution is -2.29. The maximum absolute atomic E-state index is 11.1. The van der Waals surface area contributed by atoms with Gasteiger partial charge in [-0.2, -0.15) is 5.06 Å². The zero-order valence-corrected chi connectivity index (χ0v) is 12.6. The van der Waals surface area contributed by atoms with Gasteiger partial charge in [-0.3, -0.25) is 19.8 Å². The van der Waals surface area contributed by atoms with Crippen molar-refractivity contribution in [3.63, 3.8) is 0 Å². The lowest BCUT2D eigenvalue weighted by molar-refractivity contribution is -0.135. The van der Waals surface area contributed by atoms with Crippen LogP contribution >= 0.6 is 0 Å². The number of carboxylic acids is 1. The molecule has 23 heavy (non-hydrogen) atoms. The molecule has 0 fully saturated rings. The van der Waals surface area contributed by atoms with Crippen LogP contribution < -0.4 is 9.96 Å². The molecule has 0 aliphatic carbocycles. The van der Waals surface area contributed by atoms with E-state index < -0.39 is 11.9 Å².